The molecular weight excluding hydrogens is 260 g/mol. The van der Waals surface area contributed by atoms with Crippen LogP contribution in [0.25, 0.3) is 0 Å². The fourth-order valence-corrected chi connectivity index (χ4v) is 2.45. The predicted molar refractivity (Wildman–Crippen MR) is 71.0 cm³/mol. The van der Waals surface area contributed by atoms with Gasteiger partial charge in [-0.15, -0.1) is 6.42 Å². The van der Waals surface area contributed by atoms with Crippen LogP contribution in [0.5, 0.6) is 0 Å². The Morgan fingerprint density at radius 3 is 2.71 bits per heavy atom. The molecule has 1 unspecified atom stereocenters. The first-order valence-corrected chi connectivity index (χ1v) is 6.38. The van der Waals surface area contributed by atoms with E-state index in [1.807, 2.05) is 20.8 Å². The van der Waals surface area contributed by atoms with Gasteiger partial charge in [0.25, 0.3) is 0 Å². The number of nitrogens with zero attached hydrogens (tertiary/aromatic N) is 3. The molecule has 0 aromatic heterocycles. The largest absolute Gasteiger partial charge is 0.302 e. The minimum Gasteiger partial charge on any atom is -0.265 e. The van der Waals surface area contributed by atoms with Gasteiger partial charge in [0.05, 0.1) is 11.3 Å². The fraction of sp³-hybridized carbons (Fsp3) is 0.600. The monoisotopic (exact) mass is 274 g/mol. The zero-order valence-electron chi connectivity index (χ0n) is 9.98. The highest BCUT2D eigenvalue weighted by Gasteiger charge is 2.39. The van der Waals surface area contributed by atoms with Gasteiger partial charge in [-0.2, -0.15) is 5.10 Å². The van der Waals surface area contributed by atoms with Crippen molar-refractivity contribution in [2.45, 2.75) is 31.8 Å². The van der Waals surface area contributed by atoms with E-state index in [4.69, 9.17) is 23.9 Å². The van der Waals surface area contributed by atoms with E-state index in [0.29, 0.717) is 5.75 Å². The molecule has 0 fully saturated rings. The molecule has 0 saturated heterocycles. The Bertz CT molecular complexity index is 385. The van der Waals surface area contributed by atoms with Crippen molar-refractivity contribution in [3.63, 3.8) is 0 Å². The lowest BCUT2D eigenvalue weighted by Crippen LogP contribution is -2.60. The van der Waals surface area contributed by atoms with Gasteiger partial charge in [0.2, 0.25) is 5.17 Å². The lowest BCUT2D eigenvalue weighted by Gasteiger charge is -2.44. The highest BCUT2D eigenvalue weighted by Crippen LogP contribution is 2.29. The number of thioether (sulfide) groups is 1. The van der Waals surface area contributed by atoms with E-state index < -0.39 is 11.4 Å². The zero-order valence-corrected chi connectivity index (χ0v) is 11.5. The molecule has 7 heteroatoms. The van der Waals surface area contributed by atoms with Crippen LogP contribution in [-0.2, 0) is 4.79 Å². The van der Waals surface area contributed by atoms with Crippen LogP contribution in [0.3, 0.4) is 0 Å². The number of terminal acetylenes is 1. The molecule has 17 heavy (non-hydrogen) atoms. The van der Waals surface area contributed by atoms with Crippen LogP contribution in [0.2, 0.25) is 0 Å². The van der Waals surface area contributed by atoms with Crippen LogP contribution in [0.15, 0.2) is 5.10 Å². The van der Waals surface area contributed by atoms with Gasteiger partial charge in [-0.1, -0.05) is 29.3 Å². The van der Waals surface area contributed by atoms with E-state index in [1.54, 1.807) is 5.01 Å². The van der Waals surface area contributed by atoms with Crippen LogP contribution >= 0.6 is 23.4 Å². The van der Waals surface area contributed by atoms with Gasteiger partial charge in [0, 0.05) is 0 Å². The molecule has 94 valence electrons. The normalized spacial score (nSPS) is 21.3. The van der Waals surface area contributed by atoms with Crippen molar-refractivity contribution in [3.8, 4) is 12.3 Å². The number of amides is 1. The average molecular weight is 275 g/mol. The Morgan fingerprint density at radius 2 is 2.24 bits per heavy atom. The molecule has 1 aliphatic heterocycles. The number of hydrazone groups is 1. The number of carbonyl (C=O) groups excluding carboxylic acids is 1. The van der Waals surface area contributed by atoms with Gasteiger partial charge >= 0.3 is 5.91 Å². The van der Waals surface area contributed by atoms with Crippen molar-refractivity contribution < 1.29 is 4.79 Å². The van der Waals surface area contributed by atoms with Gasteiger partial charge in [0.15, 0.2) is 5.50 Å². The Morgan fingerprint density at radius 1 is 1.65 bits per heavy atom. The SMILES string of the molecule is C#CCSC1N(N)C(=O)C(Cl)=NN1C(C)(C)C. The number of carbonyl (C=O) groups is 1. The third-order valence-electron chi connectivity index (χ3n) is 2.06. The number of halogens is 1. The van der Waals surface area contributed by atoms with E-state index in [2.05, 4.69) is 11.0 Å². The molecule has 0 aliphatic carbocycles. The zero-order chi connectivity index (χ0) is 13.2. The van der Waals surface area contributed by atoms with E-state index >= 15 is 0 Å². The lowest BCUT2D eigenvalue weighted by atomic mass is 10.1. The molecule has 1 aliphatic rings. The summed E-state index contributed by atoms with van der Waals surface area (Å²) in [5, 5.41) is 6.67. The highest BCUT2D eigenvalue weighted by molar-refractivity contribution is 8.00. The van der Waals surface area contributed by atoms with E-state index in [1.165, 1.54) is 11.8 Å². The molecule has 0 saturated carbocycles. The van der Waals surface area contributed by atoms with E-state index in [-0.39, 0.29) is 10.7 Å². The number of hydrazine groups is 1. The molecule has 0 radical (unpaired) electrons. The summed E-state index contributed by atoms with van der Waals surface area (Å²) in [4.78, 5) is 11.6. The number of hydrogen-bond donors (Lipinski definition) is 1. The van der Waals surface area contributed by atoms with Crippen LogP contribution in [0, 0.1) is 12.3 Å². The second-order valence-corrected chi connectivity index (χ2v) is 5.86. The molecule has 1 atom stereocenters. The first kappa shape index (κ1) is 14.2. The van der Waals surface area contributed by atoms with Crippen LogP contribution in [0.4, 0.5) is 0 Å². The summed E-state index contributed by atoms with van der Waals surface area (Å²) in [5.74, 6) is 8.16. The summed E-state index contributed by atoms with van der Waals surface area (Å²) in [6, 6.07) is 0. The van der Waals surface area contributed by atoms with Gasteiger partial charge in [-0.3, -0.25) is 9.80 Å². The van der Waals surface area contributed by atoms with Crippen molar-refractivity contribution in [2.75, 3.05) is 5.75 Å². The molecule has 0 bridgehead atoms. The number of hydrogen-bond acceptors (Lipinski definition) is 5. The molecular formula is C10H15ClN4OS. The van der Waals surface area contributed by atoms with E-state index in [9.17, 15) is 4.79 Å². The lowest BCUT2D eigenvalue weighted by molar-refractivity contribution is -0.131. The maximum atomic E-state index is 11.6. The standard InChI is InChI=1S/C10H15ClN4OS/c1-5-6-17-9-14(12)8(16)7(11)13-15(9)10(2,3)4/h1,9H,6,12H2,2-4H3. The third kappa shape index (κ3) is 3.06. The van der Waals surface area contributed by atoms with Crippen molar-refractivity contribution >= 4 is 34.4 Å². The Hall–Kier alpha value is -0.900. The summed E-state index contributed by atoms with van der Waals surface area (Å²) in [6.07, 6.45) is 5.21. The summed E-state index contributed by atoms with van der Waals surface area (Å²) in [5.41, 5.74) is -0.758. The summed E-state index contributed by atoms with van der Waals surface area (Å²) in [7, 11) is 0. The molecule has 0 aromatic carbocycles. The maximum absolute atomic E-state index is 11.6. The minimum atomic E-state index is -0.498. The highest BCUT2D eigenvalue weighted by atomic mass is 35.5. The van der Waals surface area contributed by atoms with E-state index in [0.717, 1.165) is 5.01 Å². The van der Waals surface area contributed by atoms with Crippen LogP contribution in [0.1, 0.15) is 20.8 Å². The molecule has 5 nitrogen and oxygen atoms in total. The quantitative estimate of drug-likeness (QED) is 0.464. The van der Waals surface area contributed by atoms with Crippen LogP contribution < -0.4 is 5.84 Å². The Labute approximate surface area is 110 Å². The molecule has 0 spiro atoms. The molecule has 1 heterocycles. The third-order valence-corrected chi connectivity index (χ3v) is 3.35. The fourth-order valence-electron chi connectivity index (χ4n) is 1.27. The molecule has 1 rings (SSSR count). The summed E-state index contributed by atoms with van der Waals surface area (Å²) in [6.45, 7) is 5.86. The van der Waals surface area contributed by atoms with Crippen molar-refractivity contribution in [3.05, 3.63) is 0 Å². The topological polar surface area (TPSA) is 61.9 Å². The van der Waals surface area contributed by atoms with Crippen LogP contribution in [-0.4, -0.2) is 37.9 Å². The second kappa shape index (κ2) is 5.17. The summed E-state index contributed by atoms with van der Waals surface area (Å²) >= 11 is 7.10. The molecule has 1 amide bonds. The maximum Gasteiger partial charge on any atom is 0.302 e. The smallest absolute Gasteiger partial charge is 0.265 e. The number of nitrogens with two attached hydrogens (primary N) is 1. The van der Waals surface area contributed by atoms with Crippen molar-refractivity contribution in [2.24, 2.45) is 10.9 Å². The first-order valence-electron chi connectivity index (χ1n) is 4.96. The van der Waals surface area contributed by atoms with Gasteiger partial charge in [0.1, 0.15) is 0 Å². The number of rotatable bonds is 2. The minimum absolute atomic E-state index is 0.139. The van der Waals surface area contributed by atoms with Gasteiger partial charge in [-0.05, 0) is 20.8 Å². The molecule has 2 N–H and O–H groups in total. The first-order chi connectivity index (χ1) is 7.79. The van der Waals surface area contributed by atoms with Crippen molar-refractivity contribution in [1.29, 1.82) is 0 Å². The Kier molecular flexibility index (Phi) is 4.31. The Balaban J connectivity index is 3.05. The predicted octanol–water partition coefficient (Wildman–Crippen LogP) is 1.01. The second-order valence-electron chi connectivity index (χ2n) is 4.46. The van der Waals surface area contributed by atoms with Gasteiger partial charge < -0.3 is 0 Å². The average Bonchev–Trinajstić information content (AvgIpc) is 2.23. The van der Waals surface area contributed by atoms with Crippen molar-refractivity contribution in [1.82, 2.24) is 10.0 Å². The summed E-state index contributed by atoms with van der Waals surface area (Å²) < 4.78 is 0. The van der Waals surface area contributed by atoms with Gasteiger partial charge in [-0.25, -0.2) is 10.9 Å². The molecule has 0 aromatic rings.